The van der Waals surface area contributed by atoms with E-state index in [2.05, 4.69) is 18.9 Å². The average Bonchev–Trinajstić information content (AvgIpc) is 2.36. The lowest BCUT2D eigenvalue weighted by molar-refractivity contribution is 0.0650. The predicted molar refractivity (Wildman–Crippen MR) is 74.9 cm³/mol. The maximum absolute atomic E-state index is 2.55. The average molecular weight is 227 g/mol. The molecule has 3 atom stereocenters. The summed E-state index contributed by atoms with van der Waals surface area (Å²) in [5, 5.41) is 0. The summed E-state index contributed by atoms with van der Waals surface area (Å²) >= 11 is 0. The number of fused-ring (bicyclic) bond motifs is 1. The standard InChI is InChI=1S/C11H21N.2C2H6/c1-9-7-10-5-3-4-6-11(10)8-12(9)2;2*1-2/h9-11H,3-8H2,1-2H3;2*1-2H3. The monoisotopic (exact) mass is 227 g/mol. The van der Waals surface area contributed by atoms with Gasteiger partial charge in [-0.3, -0.25) is 0 Å². The Bertz CT molecular complexity index is 138. The second kappa shape index (κ2) is 9.04. The van der Waals surface area contributed by atoms with Crippen molar-refractivity contribution in [3.05, 3.63) is 0 Å². The van der Waals surface area contributed by atoms with Gasteiger partial charge in [0.1, 0.15) is 0 Å². The first kappa shape index (κ1) is 16.0. The van der Waals surface area contributed by atoms with E-state index in [-0.39, 0.29) is 0 Å². The molecule has 0 amide bonds. The van der Waals surface area contributed by atoms with Crippen LogP contribution in [0.2, 0.25) is 0 Å². The Kier molecular flexibility index (Phi) is 9.02. The summed E-state index contributed by atoms with van der Waals surface area (Å²) in [6.07, 6.45) is 7.47. The van der Waals surface area contributed by atoms with Crippen LogP contribution in [-0.4, -0.2) is 24.5 Å². The summed E-state index contributed by atoms with van der Waals surface area (Å²) in [5.74, 6) is 2.12. The quantitative estimate of drug-likeness (QED) is 0.586. The van der Waals surface area contributed by atoms with Crippen molar-refractivity contribution >= 4 is 0 Å². The van der Waals surface area contributed by atoms with E-state index in [1.807, 2.05) is 27.7 Å². The molecule has 2 aliphatic rings. The van der Waals surface area contributed by atoms with Gasteiger partial charge in [-0.05, 0) is 38.6 Å². The largest absolute Gasteiger partial charge is 0.303 e. The maximum Gasteiger partial charge on any atom is 0.00667 e. The molecular formula is C15H33N. The molecule has 1 heterocycles. The van der Waals surface area contributed by atoms with Crippen LogP contribution in [0.3, 0.4) is 0 Å². The van der Waals surface area contributed by atoms with Crippen LogP contribution in [0, 0.1) is 11.8 Å². The van der Waals surface area contributed by atoms with Crippen molar-refractivity contribution < 1.29 is 0 Å². The molecule has 98 valence electrons. The molecule has 1 saturated carbocycles. The lowest BCUT2D eigenvalue weighted by atomic mass is 9.73. The van der Waals surface area contributed by atoms with Crippen LogP contribution in [0.4, 0.5) is 0 Å². The number of piperidine rings is 1. The first-order valence-corrected chi connectivity index (χ1v) is 7.47. The van der Waals surface area contributed by atoms with Crippen LogP contribution in [-0.2, 0) is 0 Å². The van der Waals surface area contributed by atoms with Gasteiger partial charge in [-0.2, -0.15) is 0 Å². The van der Waals surface area contributed by atoms with Crippen LogP contribution in [0.15, 0.2) is 0 Å². The zero-order chi connectivity index (χ0) is 12.6. The van der Waals surface area contributed by atoms with Crippen molar-refractivity contribution in [1.29, 1.82) is 0 Å². The van der Waals surface area contributed by atoms with Crippen molar-refractivity contribution in [2.45, 2.75) is 72.8 Å². The van der Waals surface area contributed by atoms with Gasteiger partial charge >= 0.3 is 0 Å². The first-order valence-electron chi connectivity index (χ1n) is 7.47. The molecule has 1 saturated heterocycles. The summed E-state index contributed by atoms with van der Waals surface area (Å²) < 4.78 is 0. The van der Waals surface area contributed by atoms with E-state index in [1.54, 1.807) is 0 Å². The minimum absolute atomic E-state index is 0.837. The molecule has 1 heteroatoms. The van der Waals surface area contributed by atoms with Gasteiger partial charge in [0.2, 0.25) is 0 Å². The summed E-state index contributed by atoms with van der Waals surface area (Å²) in [6, 6.07) is 0.837. The minimum atomic E-state index is 0.837. The van der Waals surface area contributed by atoms with Gasteiger partial charge in [-0.1, -0.05) is 47.0 Å². The van der Waals surface area contributed by atoms with E-state index >= 15 is 0 Å². The van der Waals surface area contributed by atoms with Crippen molar-refractivity contribution in [2.24, 2.45) is 11.8 Å². The molecule has 0 aromatic carbocycles. The fourth-order valence-corrected chi connectivity index (χ4v) is 3.00. The van der Waals surface area contributed by atoms with Gasteiger partial charge in [0, 0.05) is 12.6 Å². The molecule has 0 aromatic heterocycles. The minimum Gasteiger partial charge on any atom is -0.303 e. The normalized spacial score (nSPS) is 33.8. The van der Waals surface area contributed by atoms with Crippen LogP contribution in [0.1, 0.15) is 66.7 Å². The second-order valence-electron chi connectivity index (χ2n) is 4.83. The fraction of sp³-hybridized carbons (Fsp3) is 1.00. The van der Waals surface area contributed by atoms with Gasteiger partial charge in [-0.15, -0.1) is 0 Å². The summed E-state index contributed by atoms with van der Waals surface area (Å²) in [5.41, 5.74) is 0. The van der Waals surface area contributed by atoms with E-state index in [0.717, 1.165) is 17.9 Å². The second-order valence-corrected chi connectivity index (χ2v) is 4.83. The highest BCUT2D eigenvalue weighted by Crippen LogP contribution is 2.37. The van der Waals surface area contributed by atoms with E-state index in [4.69, 9.17) is 0 Å². The Morgan fingerprint density at radius 2 is 1.38 bits per heavy atom. The number of hydrogen-bond donors (Lipinski definition) is 0. The molecule has 16 heavy (non-hydrogen) atoms. The van der Waals surface area contributed by atoms with Gasteiger partial charge in [-0.25, -0.2) is 0 Å². The van der Waals surface area contributed by atoms with Crippen LogP contribution < -0.4 is 0 Å². The Hall–Kier alpha value is -0.0400. The number of rotatable bonds is 0. The van der Waals surface area contributed by atoms with Crippen molar-refractivity contribution in [2.75, 3.05) is 13.6 Å². The molecule has 2 rings (SSSR count). The van der Waals surface area contributed by atoms with Gasteiger partial charge in [0.25, 0.3) is 0 Å². The van der Waals surface area contributed by atoms with E-state index in [0.29, 0.717) is 0 Å². The summed E-state index contributed by atoms with van der Waals surface area (Å²) in [6.45, 7) is 11.7. The van der Waals surface area contributed by atoms with E-state index < -0.39 is 0 Å². The fourth-order valence-electron chi connectivity index (χ4n) is 3.00. The van der Waals surface area contributed by atoms with Gasteiger partial charge in [0.05, 0.1) is 0 Å². The van der Waals surface area contributed by atoms with Crippen molar-refractivity contribution in [3.63, 3.8) is 0 Å². The third kappa shape index (κ3) is 4.45. The highest BCUT2D eigenvalue weighted by Gasteiger charge is 2.32. The third-order valence-corrected chi connectivity index (χ3v) is 3.99. The Morgan fingerprint density at radius 1 is 0.875 bits per heavy atom. The smallest absolute Gasteiger partial charge is 0.00667 e. The lowest BCUT2D eigenvalue weighted by Crippen LogP contribution is -2.44. The Morgan fingerprint density at radius 3 is 1.94 bits per heavy atom. The Labute approximate surface area is 104 Å². The van der Waals surface area contributed by atoms with E-state index in [1.165, 1.54) is 38.6 Å². The molecular weight excluding hydrogens is 194 g/mol. The number of likely N-dealkylation sites (tertiary alicyclic amines) is 1. The summed E-state index contributed by atoms with van der Waals surface area (Å²) in [7, 11) is 2.29. The SMILES string of the molecule is CC.CC.CC1CC2CCCCC2CN1C. The van der Waals surface area contributed by atoms with Crippen molar-refractivity contribution in [1.82, 2.24) is 4.90 Å². The zero-order valence-electron chi connectivity index (χ0n) is 12.4. The molecule has 0 radical (unpaired) electrons. The number of hydrogen-bond acceptors (Lipinski definition) is 1. The third-order valence-electron chi connectivity index (χ3n) is 3.99. The van der Waals surface area contributed by atoms with Crippen molar-refractivity contribution in [3.8, 4) is 0 Å². The van der Waals surface area contributed by atoms with E-state index in [9.17, 15) is 0 Å². The van der Waals surface area contributed by atoms with Crippen LogP contribution in [0.25, 0.3) is 0 Å². The molecule has 0 spiro atoms. The highest BCUT2D eigenvalue weighted by molar-refractivity contribution is 4.85. The molecule has 1 aliphatic carbocycles. The molecule has 3 unspecified atom stereocenters. The molecule has 0 bridgehead atoms. The molecule has 1 aliphatic heterocycles. The van der Waals surface area contributed by atoms with Gasteiger partial charge < -0.3 is 4.90 Å². The molecule has 1 nitrogen and oxygen atoms in total. The topological polar surface area (TPSA) is 3.24 Å². The summed E-state index contributed by atoms with van der Waals surface area (Å²) in [4.78, 5) is 2.55. The maximum atomic E-state index is 2.55. The number of nitrogens with zero attached hydrogens (tertiary/aromatic N) is 1. The predicted octanol–water partition coefficient (Wildman–Crippen LogP) is 4.57. The van der Waals surface area contributed by atoms with Gasteiger partial charge in [0.15, 0.2) is 0 Å². The zero-order valence-corrected chi connectivity index (χ0v) is 12.4. The van der Waals surface area contributed by atoms with Crippen LogP contribution in [0.5, 0.6) is 0 Å². The lowest BCUT2D eigenvalue weighted by Gasteiger charge is -2.43. The Balaban J connectivity index is 0.000000509. The molecule has 0 aromatic rings. The molecule has 0 N–H and O–H groups in total. The van der Waals surface area contributed by atoms with Crippen LogP contribution >= 0.6 is 0 Å². The molecule has 2 fully saturated rings. The first-order chi connectivity index (χ1) is 7.77. The highest BCUT2D eigenvalue weighted by atomic mass is 15.1.